The van der Waals surface area contributed by atoms with Gasteiger partial charge in [0, 0.05) is 36.7 Å². The maximum atomic E-state index is 13.2. The van der Waals surface area contributed by atoms with Crippen molar-refractivity contribution in [1.29, 1.82) is 0 Å². The van der Waals surface area contributed by atoms with E-state index in [2.05, 4.69) is 20.1 Å². The molecule has 7 nitrogen and oxygen atoms in total. The molecule has 8 heteroatoms. The normalized spacial score (nSPS) is 11.0. The van der Waals surface area contributed by atoms with Crippen LogP contribution in [0, 0.1) is 12.7 Å². The first-order valence-electron chi connectivity index (χ1n) is 8.89. The largest absolute Gasteiger partial charge is 0.485 e. The first-order chi connectivity index (χ1) is 13.0. The highest BCUT2D eigenvalue weighted by molar-refractivity contribution is 5.23. The molecule has 0 spiro atoms. The summed E-state index contributed by atoms with van der Waals surface area (Å²) in [5, 5.41) is 4.41. The summed E-state index contributed by atoms with van der Waals surface area (Å²) >= 11 is 0. The second kappa shape index (κ2) is 8.11. The van der Waals surface area contributed by atoms with Gasteiger partial charge in [-0.25, -0.2) is 19.0 Å². The Balaban J connectivity index is 1.80. The monoisotopic (exact) mass is 371 g/mol. The first-order valence-corrected chi connectivity index (χ1v) is 8.89. The summed E-state index contributed by atoms with van der Waals surface area (Å²) < 4.78 is 20.5. The number of nitrogens with zero attached hydrogens (tertiary/aromatic N) is 4. The van der Waals surface area contributed by atoms with Crippen molar-refractivity contribution < 1.29 is 9.13 Å². The molecule has 0 unspecified atom stereocenters. The third-order valence-electron chi connectivity index (χ3n) is 4.20. The van der Waals surface area contributed by atoms with Gasteiger partial charge in [0.2, 0.25) is 0 Å². The number of benzene rings is 1. The number of aromatic nitrogens is 5. The van der Waals surface area contributed by atoms with Gasteiger partial charge in [-0.15, -0.1) is 0 Å². The van der Waals surface area contributed by atoms with Crippen molar-refractivity contribution in [2.75, 3.05) is 0 Å². The quantitative estimate of drug-likeness (QED) is 0.690. The van der Waals surface area contributed by atoms with Crippen molar-refractivity contribution in [2.24, 2.45) is 0 Å². The van der Waals surface area contributed by atoms with Gasteiger partial charge in [-0.2, -0.15) is 5.10 Å². The summed E-state index contributed by atoms with van der Waals surface area (Å²) in [6, 6.07) is 5.91. The smallest absolute Gasteiger partial charge is 0.254 e. The molecule has 0 saturated carbocycles. The minimum Gasteiger partial charge on any atom is -0.485 e. The van der Waals surface area contributed by atoms with Crippen LogP contribution in [0.25, 0.3) is 0 Å². The molecular formula is C19H22FN5O2. The van der Waals surface area contributed by atoms with Gasteiger partial charge in [-0.05, 0) is 26.0 Å². The van der Waals surface area contributed by atoms with Crippen LogP contribution in [0.3, 0.4) is 0 Å². The highest BCUT2D eigenvalue weighted by Crippen LogP contribution is 2.14. The minimum atomic E-state index is -0.363. The molecule has 0 bridgehead atoms. The van der Waals surface area contributed by atoms with Crippen LogP contribution in [0.1, 0.15) is 42.6 Å². The van der Waals surface area contributed by atoms with Gasteiger partial charge in [-0.3, -0.25) is 4.79 Å². The van der Waals surface area contributed by atoms with Gasteiger partial charge in [0.25, 0.3) is 5.56 Å². The third kappa shape index (κ3) is 4.39. The second-order valence-corrected chi connectivity index (χ2v) is 6.11. The van der Waals surface area contributed by atoms with Crippen molar-refractivity contribution >= 4 is 0 Å². The molecule has 0 saturated heterocycles. The molecule has 2 heterocycles. The lowest BCUT2D eigenvalue weighted by Gasteiger charge is -2.06. The second-order valence-electron chi connectivity index (χ2n) is 6.11. The van der Waals surface area contributed by atoms with Crippen LogP contribution >= 0.6 is 0 Å². The molecule has 0 aliphatic rings. The maximum absolute atomic E-state index is 13.2. The zero-order chi connectivity index (χ0) is 19.4. The fraction of sp³-hybridized carbons (Fsp3) is 0.368. The van der Waals surface area contributed by atoms with Crippen molar-refractivity contribution in [3.63, 3.8) is 0 Å². The van der Waals surface area contributed by atoms with E-state index in [1.54, 1.807) is 16.8 Å². The van der Waals surface area contributed by atoms with Crippen LogP contribution in [0.5, 0.6) is 5.75 Å². The highest BCUT2D eigenvalue weighted by Gasteiger charge is 2.15. The number of rotatable bonds is 7. The molecule has 1 aromatic carbocycles. The average Bonchev–Trinajstić information content (AvgIpc) is 3.05. The molecular weight excluding hydrogens is 349 g/mol. The number of aryl methyl sites for hydroxylation is 3. The number of H-pyrrole nitrogens is 1. The standard InChI is InChI=1S/C19H22FN5O2/c1-4-16-21-12(3)15(19(26)23-16)10-18-22-17(24-25(18)5-2)11-27-14-8-6-7-13(20)9-14/h6-9H,4-5,10-11H2,1-3H3,(H,21,23,26). The summed E-state index contributed by atoms with van der Waals surface area (Å²) in [5.74, 6) is 1.86. The van der Waals surface area contributed by atoms with Gasteiger partial charge in [0.15, 0.2) is 5.82 Å². The lowest BCUT2D eigenvalue weighted by Crippen LogP contribution is -2.20. The Hall–Kier alpha value is -3.03. The lowest BCUT2D eigenvalue weighted by atomic mass is 10.1. The van der Waals surface area contributed by atoms with E-state index < -0.39 is 0 Å². The van der Waals surface area contributed by atoms with Crippen LogP contribution in [-0.2, 0) is 26.0 Å². The maximum Gasteiger partial charge on any atom is 0.254 e. The number of hydrogen-bond acceptors (Lipinski definition) is 5. The van der Waals surface area contributed by atoms with E-state index in [0.29, 0.717) is 53.9 Å². The SMILES string of the molecule is CCc1nc(C)c(Cc2nc(COc3cccc(F)c3)nn2CC)c(=O)[nH]1. The average molecular weight is 371 g/mol. The van der Waals surface area contributed by atoms with E-state index in [4.69, 9.17) is 4.74 Å². The number of hydrogen-bond donors (Lipinski definition) is 1. The van der Waals surface area contributed by atoms with Gasteiger partial charge < -0.3 is 9.72 Å². The summed E-state index contributed by atoms with van der Waals surface area (Å²) in [7, 11) is 0. The Morgan fingerprint density at radius 1 is 1.26 bits per heavy atom. The van der Waals surface area contributed by atoms with E-state index in [-0.39, 0.29) is 18.0 Å². The highest BCUT2D eigenvalue weighted by atomic mass is 19.1. The molecule has 0 amide bonds. The van der Waals surface area contributed by atoms with E-state index in [1.165, 1.54) is 12.1 Å². The zero-order valence-corrected chi connectivity index (χ0v) is 15.6. The Bertz CT molecular complexity index is 996. The predicted molar refractivity (Wildman–Crippen MR) is 98.2 cm³/mol. The lowest BCUT2D eigenvalue weighted by molar-refractivity contribution is 0.293. The van der Waals surface area contributed by atoms with Crippen LogP contribution in [0.2, 0.25) is 0 Å². The van der Waals surface area contributed by atoms with Crippen molar-refractivity contribution in [1.82, 2.24) is 24.7 Å². The van der Waals surface area contributed by atoms with E-state index in [0.717, 1.165) is 0 Å². The molecule has 3 rings (SSSR count). The molecule has 0 aliphatic heterocycles. The first kappa shape index (κ1) is 18.8. The molecule has 0 aliphatic carbocycles. The molecule has 27 heavy (non-hydrogen) atoms. The molecule has 0 radical (unpaired) electrons. The third-order valence-corrected chi connectivity index (χ3v) is 4.20. The molecule has 0 fully saturated rings. The molecule has 1 N–H and O–H groups in total. The fourth-order valence-electron chi connectivity index (χ4n) is 2.78. The number of halogens is 1. The van der Waals surface area contributed by atoms with Gasteiger partial charge in [0.1, 0.15) is 29.8 Å². The van der Waals surface area contributed by atoms with E-state index >= 15 is 0 Å². The van der Waals surface area contributed by atoms with E-state index in [9.17, 15) is 9.18 Å². The Labute approximate surface area is 156 Å². The molecule has 142 valence electrons. The Morgan fingerprint density at radius 2 is 2.07 bits per heavy atom. The number of ether oxygens (including phenoxy) is 1. The van der Waals surface area contributed by atoms with Crippen LogP contribution in [0.4, 0.5) is 4.39 Å². The molecule has 2 aromatic heterocycles. The van der Waals surface area contributed by atoms with Crippen LogP contribution in [-0.4, -0.2) is 24.7 Å². The minimum absolute atomic E-state index is 0.117. The Kier molecular flexibility index (Phi) is 5.63. The number of nitrogens with one attached hydrogen (secondary N) is 1. The van der Waals surface area contributed by atoms with Gasteiger partial charge in [0.05, 0.1) is 0 Å². The number of aromatic amines is 1. The van der Waals surface area contributed by atoms with Gasteiger partial charge >= 0.3 is 0 Å². The summed E-state index contributed by atoms with van der Waals surface area (Å²) in [5.41, 5.74) is 1.12. The fourth-order valence-corrected chi connectivity index (χ4v) is 2.78. The van der Waals surface area contributed by atoms with Crippen LogP contribution < -0.4 is 10.3 Å². The van der Waals surface area contributed by atoms with Crippen LogP contribution in [0.15, 0.2) is 29.1 Å². The molecule has 0 atom stereocenters. The molecule has 3 aromatic rings. The predicted octanol–water partition coefficient (Wildman–Crippen LogP) is 2.56. The van der Waals surface area contributed by atoms with Crippen molar-refractivity contribution in [3.8, 4) is 5.75 Å². The van der Waals surface area contributed by atoms with Crippen molar-refractivity contribution in [3.05, 3.63) is 69.2 Å². The van der Waals surface area contributed by atoms with Gasteiger partial charge in [-0.1, -0.05) is 13.0 Å². The van der Waals surface area contributed by atoms with Crippen molar-refractivity contribution in [2.45, 2.75) is 46.8 Å². The summed E-state index contributed by atoms with van der Waals surface area (Å²) in [4.78, 5) is 24.1. The van der Waals surface area contributed by atoms with E-state index in [1.807, 2.05) is 20.8 Å². The summed E-state index contributed by atoms with van der Waals surface area (Å²) in [6.07, 6.45) is 1.00. The summed E-state index contributed by atoms with van der Waals surface area (Å²) in [6.45, 7) is 6.44. The Morgan fingerprint density at radius 3 is 2.74 bits per heavy atom. The topological polar surface area (TPSA) is 85.7 Å². The zero-order valence-electron chi connectivity index (χ0n) is 15.6.